The molecule has 1 heterocycles. The third kappa shape index (κ3) is 4.66. The first-order valence-electron chi connectivity index (χ1n) is 8.98. The molecule has 1 aliphatic heterocycles. The van der Waals surface area contributed by atoms with Gasteiger partial charge in [0.15, 0.2) is 3.84 Å². The van der Waals surface area contributed by atoms with Crippen molar-refractivity contribution in [1.29, 1.82) is 0 Å². The molecule has 0 amide bonds. The maximum Gasteiger partial charge on any atom is 0.167 e. The normalized spacial score (nSPS) is 15.4. The number of hydrogen-bond donors (Lipinski definition) is 0. The molecule has 0 aromatic heterocycles. The van der Waals surface area contributed by atoms with Crippen molar-refractivity contribution in [3.63, 3.8) is 0 Å². The van der Waals surface area contributed by atoms with E-state index in [0.29, 0.717) is 16.5 Å². The largest absolute Gasteiger partial charge is 0.352 e. The molecule has 0 bridgehead atoms. The van der Waals surface area contributed by atoms with Crippen molar-refractivity contribution in [2.75, 3.05) is 13.1 Å². The molecule has 0 unspecified atom stereocenters. The minimum absolute atomic E-state index is 0.175. The van der Waals surface area contributed by atoms with E-state index in [0.717, 1.165) is 39.3 Å². The summed E-state index contributed by atoms with van der Waals surface area (Å²) in [4.78, 5) is 7.24. The summed E-state index contributed by atoms with van der Waals surface area (Å²) in [5.74, 6) is -0.175. The van der Waals surface area contributed by atoms with Crippen LogP contribution in [0, 0.1) is 19.7 Å². The van der Waals surface area contributed by atoms with Gasteiger partial charge in [0.2, 0.25) is 0 Å². The van der Waals surface area contributed by atoms with Crippen LogP contribution in [0.15, 0.2) is 39.8 Å². The Kier molecular flexibility index (Phi) is 6.72. The summed E-state index contributed by atoms with van der Waals surface area (Å²) in [7, 11) is 0. The fourth-order valence-corrected chi connectivity index (χ4v) is 4.46. The molecular formula is C21H23BrFIN2. The standard InChI is InChI=1S/C21H23BrFIN2/c1-14-12-19(25-21(24)26-9-4-3-5-10-26)15(2)11-17(14)13-16-7-6-8-18(22)20(16)23/h6-8,11-12H,3-5,9-10,13H2,1-2H3. The highest BCUT2D eigenvalue weighted by Gasteiger charge is 2.14. The molecule has 2 aromatic rings. The van der Waals surface area contributed by atoms with E-state index in [1.165, 1.54) is 19.3 Å². The molecule has 0 spiro atoms. The SMILES string of the molecule is Cc1cc(N=C(I)N2CCCCC2)c(C)cc1Cc1cccc(Br)c1F. The molecule has 2 nitrogen and oxygen atoms in total. The third-order valence-electron chi connectivity index (χ3n) is 4.90. The molecule has 0 N–H and O–H groups in total. The quantitative estimate of drug-likeness (QED) is 0.187. The zero-order chi connectivity index (χ0) is 18.7. The summed E-state index contributed by atoms with van der Waals surface area (Å²) >= 11 is 5.62. The van der Waals surface area contributed by atoms with Crippen LogP contribution in [-0.2, 0) is 6.42 Å². The molecule has 1 aliphatic rings. The van der Waals surface area contributed by atoms with E-state index < -0.39 is 0 Å². The average Bonchev–Trinajstić information content (AvgIpc) is 2.63. The van der Waals surface area contributed by atoms with Crippen molar-refractivity contribution in [1.82, 2.24) is 4.90 Å². The molecule has 5 heteroatoms. The predicted molar refractivity (Wildman–Crippen MR) is 119 cm³/mol. The molecule has 0 aliphatic carbocycles. The number of rotatable bonds is 3. The van der Waals surface area contributed by atoms with Gasteiger partial charge in [-0.05, 0) is 106 Å². The van der Waals surface area contributed by atoms with E-state index in [9.17, 15) is 4.39 Å². The maximum absolute atomic E-state index is 14.3. The Balaban J connectivity index is 1.85. The van der Waals surface area contributed by atoms with Crippen molar-refractivity contribution < 1.29 is 4.39 Å². The zero-order valence-electron chi connectivity index (χ0n) is 15.2. The second kappa shape index (κ2) is 8.83. The first-order chi connectivity index (χ1) is 12.5. The lowest BCUT2D eigenvalue weighted by atomic mass is 9.97. The Morgan fingerprint density at radius 1 is 1.12 bits per heavy atom. The highest BCUT2D eigenvalue weighted by molar-refractivity contribution is 14.1. The van der Waals surface area contributed by atoms with Gasteiger partial charge < -0.3 is 4.90 Å². The third-order valence-corrected chi connectivity index (χ3v) is 6.43. The Bertz CT molecular complexity index is 829. The van der Waals surface area contributed by atoms with Gasteiger partial charge >= 0.3 is 0 Å². The van der Waals surface area contributed by atoms with E-state index in [4.69, 9.17) is 4.99 Å². The second-order valence-electron chi connectivity index (χ2n) is 6.88. The molecular weight excluding hydrogens is 506 g/mol. The van der Waals surface area contributed by atoms with Crippen molar-refractivity contribution in [3.05, 3.63) is 62.9 Å². The van der Waals surface area contributed by atoms with Gasteiger partial charge in [-0.25, -0.2) is 9.38 Å². The molecule has 3 rings (SSSR count). The lowest BCUT2D eigenvalue weighted by Gasteiger charge is -2.27. The molecule has 138 valence electrons. The number of halogens is 3. The molecule has 2 aromatic carbocycles. The topological polar surface area (TPSA) is 15.6 Å². The summed E-state index contributed by atoms with van der Waals surface area (Å²) in [6, 6.07) is 9.74. The number of hydrogen-bond acceptors (Lipinski definition) is 1. The van der Waals surface area contributed by atoms with Crippen LogP contribution in [-0.4, -0.2) is 21.8 Å². The molecule has 1 saturated heterocycles. The molecule has 0 atom stereocenters. The fourth-order valence-electron chi connectivity index (χ4n) is 3.31. The minimum Gasteiger partial charge on any atom is -0.352 e. The smallest absolute Gasteiger partial charge is 0.167 e. The summed E-state index contributed by atoms with van der Waals surface area (Å²) in [6.45, 7) is 6.36. The van der Waals surface area contributed by atoms with Crippen LogP contribution in [0.2, 0.25) is 0 Å². The van der Waals surface area contributed by atoms with Crippen LogP contribution in [0.4, 0.5) is 10.1 Å². The van der Waals surface area contributed by atoms with Gasteiger partial charge in [0.05, 0.1) is 10.2 Å². The van der Waals surface area contributed by atoms with E-state index in [2.05, 4.69) is 69.4 Å². The van der Waals surface area contributed by atoms with Crippen LogP contribution < -0.4 is 0 Å². The number of aryl methyl sites for hydroxylation is 2. The number of amidine groups is 1. The fraction of sp³-hybridized carbons (Fsp3) is 0.381. The van der Waals surface area contributed by atoms with Gasteiger partial charge in [0.1, 0.15) is 5.82 Å². The van der Waals surface area contributed by atoms with Crippen LogP contribution in [0.1, 0.15) is 41.5 Å². The second-order valence-corrected chi connectivity index (χ2v) is 8.70. The van der Waals surface area contributed by atoms with Crippen LogP contribution in [0.25, 0.3) is 0 Å². The zero-order valence-corrected chi connectivity index (χ0v) is 18.9. The van der Waals surface area contributed by atoms with Gasteiger partial charge in [0.25, 0.3) is 0 Å². The van der Waals surface area contributed by atoms with Crippen LogP contribution in [0.5, 0.6) is 0 Å². The van der Waals surface area contributed by atoms with Crippen molar-refractivity contribution >= 4 is 48.1 Å². The van der Waals surface area contributed by atoms with Gasteiger partial charge in [-0.1, -0.05) is 18.2 Å². The van der Waals surface area contributed by atoms with Gasteiger partial charge in [-0.15, -0.1) is 0 Å². The van der Waals surface area contributed by atoms with Crippen LogP contribution in [0.3, 0.4) is 0 Å². The van der Waals surface area contributed by atoms with Gasteiger partial charge in [-0.3, -0.25) is 0 Å². The predicted octanol–water partition coefficient (Wildman–Crippen LogP) is 6.70. The molecule has 0 saturated carbocycles. The summed E-state index contributed by atoms with van der Waals surface area (Å²) < 4.78 is 15.9. The van der Waals surface area contributed by atoms with E-state index in [1.54, 1.807) is 6.07 Å². The Morgan fingerprint density at radius 2 is 1.85 bits per heavy atom. The number of aliphatic imine (C=N–C) groups is 1. The van der Waals surface area contributed by atoms with Crippen molar-refractivity contribution in [2.45, 2.75) is 39.5 Å². The number of likely N-dealkylation sites (tertiary alicyclic amines) is 1. The molecule has 1 fully saturated rings. The monoisotopic (exact) mass is 528 g/mol. The highest BCUT2D eigenvalue weighted by atomic mass is 127. The lowest BCUT2D eigenvalue weighted by molar-refractivity contribution is 0.349. The lowest BCUT2D eigenvalue weighted by Crippen LogP contribution is -2.32. The van der Waals surface area contributed by atoms with Gasteiger partial charge in [0, 0.05) is 19.5 Å². The number of benzene rings is 2. The summed E-state index contributed by atoms with van der Waals surface area (Å²) in [6.07, 6.45) is 4.40. The Hall–Kier alpha value is -0.950. The number of piperidine rings is 1. The van der Waals surface area contributed by atoms with E-state index >= 15 is 0 Å². The minimum atomic E-state index is -0.175. The van der Waals surface area contributed by atoms with Crippen molar-refractivity contribution in [2.24, 2.45) is 4.99 Å². The first-order valence-corrected chi connectivity index (χ1v) is 10.8. The van der Waals surface area contributed by atoms with Crippen LogP contribution >= 0.6 is 38.5 Å². The average molecular weight is 529 g/mol. The Morgan fingerprint density at radius 3 is 2.58 bits per heavy atom. The van der Waals surface area contributed by atoms with Gasteiger partial charge in [-0.2, -0.15) is 0 Å². The number of nitrogens with zero attached hydrogens (tertiary/aromatic N) is 2. The van der Waals surface area contributed by atoms with Crippen molar-refractivity contribution in [3.8, 4) is 0 Å². The molecule has 26 heavy (non-hydrogen) atoms. The first kappa shape index (κ1) is 19.8. The summed E-state index contributed by atoms with van der Waals surface area (Å²) in [5.41, 5.74) is 5.15. The highest BCUT2D eigenvalue weighted by Crippen LogP contribution is 2.28. The maximum atomic E-state index is 14.3. The van der Waals surface area contributed by atoms with E-state index in [-0.39, 0.29) is 5.82 Å². The Labute approximate surface area is 177 Å². The van der Waals surface area contributed by atoms with E-state index in [1.807, 2.05) is 12.1 Å². The molecule has 0 radical (unpaired) electrons. The summed E-state index contributed by atoms with van der Waals surface area (Å²) in [5, 5.41) is 0.